The van der Waals surface area contributed by atoms with Crippen LogP contribution in [0.25, 0.3) is 10.1 Å². The summed E-state index contributed by atoms with van der Waals surface area (Å²) in [5, 5.41) is 6.80. The summed E-state index contributed by atoms with van der Waals surface area (Å²) < 4.78 is 33.3. The number of ether oxygens (including phenoxy) is 1. The predicted molar refractivity (Wildman–Crippen MR) is 190 cm³/mol. The number of benzene rings is 2. The normalized spacial score (nSPS) is 11.6. The first-order valence-corrected chi connectivity index (χ1v) is 17.6. The van der Waals surface area contributed by atoms with Crippen molar-refractivity contribution in [2.75, 3.05) is 28.3 Å². The number of rotatable bonds is 8. The number of carbonyl (C=O) groups is 3. The lowest BCUT2D eigenvalue weighted by atomic mass is 9.86. The number of hydrogen-bond donors (Lipinski definition) is 2. The van der Waals surface area contributed by atoms with E-state index in [9.17, 15) is 22.8 Å². The molecule has 2 N–H and O–H groups in total. The number of thiophene rings is 1. The molecule has 0 aliphatic rings. The molecule has 0 unspecified atom stereocenters. The van der Waals surface area contributed by atoms with Crippen LogP contribution < -0.4 is 19.7 Å². The molecule has 0 saturated heterocycles. The topological polar surface area (TPSA) is 148 Å². The third-order valence-corrected chi connectivity index (χ3v) is 9.76. The van der Waals surface area contributed by atoms with E-state index in [-0.39, 0.29) is 33.0 Å². The molecule has 0 aliphatic carbocycles. The maximum Gasteiger partial charge on any atom is 0.273 e. The SMILES string of the molecule is COc1c(NC(=O)c2cc3cccc(NC(=O)c4ccc(Cl)nc4)c3s2)cc(C(C)(C)C)cc1N(C(=O)c1ccc(Cl)nc1)S(C)(=O)=O. The van der Waals surface area contributed by atoms with Crippen LogP contribution in [0, 0.1) is 0 Å². The molecule has 3 aromatic heterocycles. The highest BCUT2D eigenvalue weighted by atomic mass is 35.5. The highest BCUT2D eigenvalue weighted by molar-refractivity contribution is 7.92. The van der Waals surface area contributed by atoms with Gasteiger partial charge >= 0.3 is 0 Å². The maximum atomic E-state index is 13.8. The van der Waals surface area contributed by atoms with Crippen LogP contribution in [0.15, 0.2) is 73.1 Å². The number of aromatic nitrogens is 2. The van der Waals surface area contributed by atoms with E-state index in [1.165, 1.54) is 37.7 Å². The van der Waals surface area contributed by atoms with Gasteiger partial charge in [0.1, 0.15) is 16.0 Å². The highest BCUT2D eigenvalue weighted by Crippen LogP contribution is 2.43. The van der Waals surface area contributed by atoms with Crippen molar-refractivity contribution in [3.8, 4) is 5.75 Å². The largest absolute Gasteiger partial charge is 0.492 e. The molecule has 0 spiro atoms. The van der Waals surface area contributed by atoms with Gasteiger partial charge in [-0.15, -0.1) is 11.3 Å². The Balaban J connectivity index is 1.55. The minimum atomic E-state index is -4.23. The lowest BCUT2D eigenvalue weighted by Gasteiger charge is -2.28. The number of amides is 3. The first-order valence-electron chi connectivity index (χ1n) is 14.2. The predicted octanol–water partition coefficient (Wildman–Crippen LogP) is 7.42. The monoisotopic (exact) mass is 725 g/mol. The maximum absolute atomic E-state index is 13.8. The fourth-order valence-corrected chi connectivity index (χ4v) is 6.87. The number of nitrogens with one attached hydrogen (secondary N) is 2. The second-order valence-corrected chi connectivity index (χ2v) is 15.3. The Morgan fingerprint density at radius 2 is 1.48 bits per heavy atom. The van der Waals surface area contributed by atoms with Crippen LogP contribution in [-0.4, -0.2) is 49.5 Å². The van der Waals surface area contributed by atoms with Crippen molar-refractivity contribution in [2.24, 2.45) is 0 Å². The van der Waals surface area contributed by atoms with E-state index >= 15 is 0 Å². The molecule has 0 fully saturated rings. The van der Waals surface area contributed by atoms with Gasteiger partial charge in [-0.2, -0.15) is 4.31 Å². The van der Waals surface area contributed by atoms with Crippen LogP contribution in [0.1, 0.15) is 56.7 Å². The summed E-state index contributed by atoms with van der Waals surface area (Å²) in [5.41, 5.74) is 0.884. The van der Waals surface area contributed by atoms with Crippen molar-refractivity contribution in [1.29, 1.82) is 0 Å². The Hall–Kier alpha value is -4.56. The molecule has 48 heavy (non-hydrogen) atoms. The third-order valence-electron chi connectivity index (χ3n) is 7.10. The molecule has 0 saturated carbocycles. The van der Waals surface area contributed by atoms with Crippen molar-refractivity contribution < 1.29 is 27.5 Å². The summed E-state index contributed by atoms with van der Waals surface area (Å²) in [6, 6.07) is 16.0. The number of sulfonamides is 1. The fourth-order valence-electron chi connectivity index (χ4n) is 4.72. The van der Waals surface area contributed by atoms with Crippen molar-refractivity contribution in [2.45, 2.75) is 26.2 Å². The van der Waals surface area contributed by atoms with E-state index < -0.39 is 33.2 Å². The minimum Gasteiger partial charge on any atom is -0.492 e. The van der Waals surface area contributed by atoms with Crippen LogP contribution in [0.5, 0.6) is 5.75 Å². The standard InChI is InChI=1S/C33H29Cl2N5O6S2/c1-33(2,3)21-14-23(28(46-4)24(15-21)40(48(5,44)45)32(43)20-10-12-27(35)37-17-20)39-31(42)25-13-18-7-6-8-22(29(18)47-25)38-30(41)19-9-11-26(34)36-16-19/h6-17H,1-5H3,(H,38,41)(H,39,42). The number of anilines is 3. The van der Waals surface area contributed by atoms with Gasteiger partial charge in [-0.3, -0.25) is 14.4 Å². The van der Waals surface area contributed by atoms with Gasteiger partial charge in [0.25, 0.3) is 17.7 Å². The molecule has 0 atom stereocenters. The molecule has 0 radical (unpaired) electrons. The number of fused-ring (bicyclic) bond motifs is 1. The zero-order valence-electron chi connectivity index (χ0n) is 26.3. The lowest BCUT2D eigenvalue weighted by molar-refractivity contribution is 0.100. The average Bonchev–Trinajstić information content (AvgIpc) is 3.46. The lowest BCUT2D eigenvalue weighted by Crippen LogP contribution is -2.37. The van der Waals surface area contributed by atoms with E-state index in [2.05, 4.69) is 20.6 Å². The number of halogens is 2. The number of pyridine rings is 2. The second-order valence-electron chi connectivity index (χ2n) is 11.6. The molecule has 248 valence electrons. The quantitative estimate of drug-likeness (QED) is 0.157. The first-order chi connectivity index (χ1) is 22.6. The Labute approximate surface area is 290 Å². The van der Waals surface area contributed by atoms with E-state index in [0.29, 0.717) is 36.1 Å². The molecule has 15 heteroatoms. The summed E-state index contributed by atoms with van der Waals surface area (Å²) >= 11 is 12.9. The van der Waals surface area contributed by atoms with Gasteiger partial charge in [0.05, 0.1) is 45.4 Å². The molecule has 2 aromatic carbocycles. The van der Waals surface area contributed by atoms with Crippen LogP contribution in [-0.2, 0) is 15.4 Å². The molecule has 0 aliphatic heterocycles. The number of methoxy groups -OCH3 is 1. The van der Waals surface area contributed by atoms with Crippen LogP contribution >= 0.6 is 34.5 Å². The van der Waals surface area contributed by atoms with Crippen LogP contribution in [0.2, 0.25) is 10.3 Å². The summed E-state index contributed by atoms with van der Waals surface area (Å²) in [7, 11) is -2.92. The van der Waals surface area contributed by atoms with Crippen molar-refractivity contribution in [1.82, 2.24) is 9.97 Å². The van der Waals surface area contributed by atoms with Crippen molar-refractivity contribution >= 4 is 89.4 Å². The summed E-state index contributed by atoms with van der Waals surface area (Å²) in [6.45, 7) is 5.71. The molecule has 0 bridgehead atoms. The number of nitrogens with zero attached hydrogens (tertiary/aromatic N) is 3. The fraction of sp³-hybridized carbons (Fsp3) is 0.182. The summed E-state index contributed by atoms with van der Waals surface area (Å²) in [5.74, 6) is -1.87. The van der Waals surface area contributed by atoms with Crippen LogP contribution in [0.4, 0.5) is 17.1 Å². The third kappa shape index (κ3) is 7.44. The van der Waals surface area contributed by atoms with E-state index in [4.69, 9.17) is 27.9 Å². The van der Waals surface area contributed by atoms with E-state index in [1.807, 2.05) is 26.8 Å². The Kier molecular flexibility index (Phi) is 9.79. The zero-order valence-corrected chi connectivity index (χ0v) is 29.4. The zero-order chi connectivity index (χ0) is 35.0. The Bertz CT molecular complexity index is 2160. The van der Waals surface area contributed by atoms with Gasteiger partial charge in [-0.1, -0.05) is 56.1 Å². The van der Waals surface area contributed by atoms with Crippen molar-refractivity contribution in [3.63, 3.8) is 0 Å². The Morgan fingerprint density at radius 3 is 2.04 bits per heavy atom. The number of carbonyl (C=O) groups excluding carboxylic acids is 3. The summed E-state index contributed by atoms with van der Waals surface area (Å²) in [6.07, 6.45) is 3.44. The van der Waals surface area contributed by atoms with Gasteiger partial charge in [0.2, 0.25) is 10.0 Å². The van der Waals surface area contributed by atoms with Gasteiger partial charge in [0.15, 0.2) is 5.75 Å². The Morgan fingerprint density at radius 1 is 0.854 bits per heavy atom. The summed E-state index contributed by atoms with van der Waals surface area (Å²) in [4.78, 5) is 48.5. The molecular weight excluding hydrogens is 697 g/mol. The number of hydrogen-bond acceptors (Lipinski definition) is 9. The second kappa shape index (κ2) is 13.5. The molecular formula is C33H29Cl2N5O6S2. The molecule has 5 aromatic rings. The molecule has 5 rings (SSSR count). The van der Waals surface area contributed by atoms with Crippen molar-refractivity contribution in [3.05, 3.63) is 105 Å². The van der Waals surface area contributed by atoms with Gasteiger partial charge < -0.3 is 15.4 Å². The molecule has 11 nitrogen and oxygen atoms in total. The molecule has 3 amide bonds. The minimum absolute atomic E-state index is 0.0286. The first kappa shape index (κ1) is 34.8. The molecule has 3 heterocycles. The van der Waals surface area contributed by atoms with Gasteiger partial charge in [-0.25, -0.2) is 18.4 Å². The van der Waals surface area contributed by atoms with Gasteiger partial charge in [0, 0.05) is 12.4 Å². The average molecular weight is 727 g/mol. The van der Waals surface area contributed by atoms with Gasteiger partial charge in [-0.05, 0) is 64.9 Å². The van der Waals surface area contributed by atoms with Crippen LogP contribution in [0.3, 0.4) is 0 Å². The van der Waals surface area contributed by atoms with E-state index in [0.717, 1.165) is 17.6 Å². The highest BCUT2D eigenvalue weighted by Gasteiger charge is 2.33. The van der Waals surface area contributed by atoms with E-state index in [1.54, 1.807) is 36.4 Å². The smallest absolute Gasteiger partial charge is 0.273 e.